The zero-order valence-corrected chi connectivity index (χ0v) is 16.3. The van der Waals surface area contributed by atoms with Crippen LogP contribution < -0.4 is 10.1 Å². The number of methoxy groups -OCH3 is 1. The van der Waals surface area contributed by atoms with Crippen molar-refractivity contribution in [3.05, 3.63) is 47.2 Å². The number of carbonyl (C=O) groups is 1. The fourth-order valence-electron chi connectivity index (χ4n) is 2.39. The zero-order chi connectivity index (χ0) is 21.0. The van der Waals surface area contributed by atoms with Gasteiger partial charge in [-0.05, 0) is 18.2 Å². The van der Waals surface area contributed by atoms with Crippen molar-refractivity contribution in [3.8, 4) is 16.3 Å². The van der Waals surface area contributed by atoms with Gasteiger partial charge in [0.25, 0.3) is 5.91 Å². The molecule has 0 aliphatic carbocycles. The Morgan fingerprint density at radius 2 is 2.10 bits per heavy atom. The molecule has 1 amide bonds. The third kappa shape index (κ3) is 5.12. The fourth-order valence-corrected chi connectivity index (χ4v) is 3.17. The first-order valence-electron chi connectivity index (χ1n) is 8.37. The number of thiazole rings is 1. The van der Waals surface area contributed by atoms with Gasteiger partial charge in [-0.15, -0.1) is 11.3 Å². The van der Waals surface area contributed by atoms with Gasteiger partial charge in [-0.3, -0.25) is 9.48 Å². The number of alkyl halides is 3. The van der Waals surface area contributed by atoms with Gasteiger partial charge in [0, 0.05) is 31.3 Å². The van der Waals surface area contributed by atoms with Gasteiger partial charge in [-0.25, -0.2) is 4.98 Å². The summed E-state index contributed by atoms with van der Waals surface area (Å²) in [4.78, 5) is 16.8. The summed E-state index contributed by atoms with van der Waals surface area (Å²) in [6.07, 6.45) is -1.21. The number of aromatic nitrogens is 3. The highest BCUT2D eigenvalue weighted by Crippen LogP contribution is 2.35. The van der Waals surface area contributed by atoms with E-state index in [1.54, 1.807) is 24.1 Å². The first-order valence-corrected chi connectivity index (χ1v) is 9.25. The zero-order valence-electron chi connectivity index (χ0n) is 15.5. The summed E-state index contributed by atoms with van der Waals surface area (Å²) in [5.74, 6) is -0.543. The highest BCUT2D eigenvalue weighted by molar-refractivity contribution is 7.13. The van der Waals surface area contributed by atoms with Crippen molar-refractivity contribution in [2.75, 3.05) is 25.6 Å². The summed E-state index contributed by atoms with van der Waals surface area (Å²) in [6.45, 7) is 0.363. The maximum absolute atomic E-state index is 13.1. The number of hydrogen-bond donors (Lipinski definition) is 1. The van der Waals surface area contributed by atoms with E-state index in [-0.39, 0.29) is 30.3 Å². The molecule has 0 fully saturated rings. The predicted molar refractivity (Wildman–Crippen MR) is 101 cm³/mol. The normalized spacial score (nSPS) is 11.5. The average molecular weight is 426 g/mol. The Morgan fingerprint density at radius 1 is 1.31 bits per heavy atom. The van der Waals surface area contributed by atoms with E-state index in [1.807, 2.05) is 0 Å². The Bertz CT molecular complexity index is 1000. The number of anilines is 1. The molecule has 0 radical (unpaired) electrons. The van der Waals surface area contributed by atoms with Crippen LogP contribution in [0, 0.1) is 0 Å². The number of halogens is 3. The van der Waals surface area contributed by atoms with Crippen LogP contribution in [0.1, 0.15) is 16.1 Å². The number of carbonyl (C=O) groups excluding carboxylic acids is 1. The number of benzene rings is 1. The van der Waals surface area contributed by atoms with Crippen molar-refractivity contribution in [3.63, 3.8) is 0 Å². The summed E-state index contributed by atoms with van der Waals surface area (Å²) in [6, 6.07) is 2.88. The number of aryl methyl sites for hydroxylation is 1. The summed E-state index contributed by atoms with van der Waals surface area (Å²) in [7, 11) is 3.23. The van der Waals surface area contributed by atoms with E-state index in [9.17, 15) is 18.0 Å². The molecular formula is C18H17F3N4O3S. The molecule has 0 aliphatic heterocycles. The van der Waals surface area contributed by atoms with Gasteiger partial charge in [0.05, 0.1) is 24.1 Å². The molecule has 0 unspecified atom stereocenters. The van der Waals surface area contributed by atoms with Gasteiger partial charge in [0.2, 0.25) is 0 Å². The molecule has 154 valence electrons. The topological polar surface area (TPSA) is 78.3 Å². The maximum atomic E-state index is 13.1. The van der Waals surface area contributed by atoms with Crippen LogP contribution in [0.5, 0.6) is 5.75 Å². The van der Waals surface area contributed by atoms with E-state index < -0.39 is 17.6 Å². The van der Waals surface area contributed by atoms with Crippen molar-refractivity contribution in [2.45, 2.75) is 6.18 Å². The van der Waals surface area contributed by atoms with Crippen molar-refractivity contribution in [1.29, 1.82) is 0 Å². The lowest BCUT2D eigenvalue weighted by Crippen LogP contribution is -2.15. The summed E-state index contributed by atoms with van der Waals surface area (Å²) in [5.41, 5.74) is -0.189. The average Bonchev–Trinajstić information content (AvgIpc) is 3.31. The molecule has 0 atom stereocenters. The minimum atomic E-state index is -4.56. The smallest absolute Gasteiger partial charge is 0.416 e. The van der Waals surface area contributed by atoms with E-state index >= 15 is 0 Å². The molecule has 3 rings (SSSR count). The predicted octanol–water partition coefficient (Wildman–Crippen LogP) is 3.84. The van der Waals surface area contributed by atoms with Gasteiger partial charge < -0.3 is 14.8 Å². The lowest BCUT2D eigenvalue weighted by Gasteiger charge is -2.15. The van der Waals surface area contributed by atoms with Crippen LogP contribution in [0.3, 0.4) is 0 Å². The van der Waals surface area contributed by atoms with E-state index in [4.69, 9.17) is 9.47 Å². The Morgan fingerprint density at radius 3 is 2.76 bits per heavy atom. The molecule has 0 spiro atoms. The van der Waals surface area contributed by atoms with E-state index in [0.29, 0.717) is 5.01 Å². The molecule has 29 heavy (non-hydrogen) atoms. The highest BCUT2D eigenvalue weighted by atomic mass is 32.1. The van der Waals surface area contributed by atoms with E-state index in [0.717, 1.165) is 23.8 Å². The van der Waals surface area contributed by atoms with Gasteiger partial charge >= 0.3 is 6.18 Å². The summed E-state index contributed by atoms with van der Waals surface area (Å²) < 4.78 is 51.1. The molecule has 2 aromatic heterocycles. The Labute approximate surface area is 168 Å². The van der Waals surface area contributed by atoms with Gasteiger partial charge in [-0.1, -0.05) is 0 Å². The van der Waals surface area contributed by atoms with E-state index in [2.05, 4.69) is 15.4 Å². The van der Waals surface area contributed by atoms with Gasteiger partial charge in [0.1, 0.15) is 23.1 Å². The molecular weight excluding hydrogens is 409 g/mol. The highest BCUT2D eigenvalue weighted by Gasteiger charge is 2.31. The van der Waals surface area contributed by atoms with E-state index in [1.165, 1.54) is 23.8 Å². The SMILES string of the molecule is COCCOc1ccc(C(F)(F)F)cc1NC(=O)c1csc(-c2cnn(C)c2)n1. The lowest BCUT2D eigenvalue weighted by atomic mass is 10.1. The molecule has 7 nitrogen and oxygen atoms in total. The number of nitrogens with one attached hydrogen (secondary N) is 1. The molecule has 0 saturated carbocycles. The maximum Gasteiger partial charge on any atom is 0.416 e. The van der Waals surface area contributed by atoms with Crippen LogP contribution in [0.15, 0.2) is 36.0 Å². The van der Waals surface area contributed by atoms with Crippen molar-refractivity contribution in [2.24, 2.45) is 7.05 Å². The molecule has 1 aromatic carbocycles. The lowest BCUT2D eigenvalue weighted by molar-refractivity contribution is -0.137. The minimum absolute atomic E-state index is 0.0779. The van der Waals surface area contributed by atoms with Crippen LogP contribution in [0.2, 0.25) is 0 Å². The monoisotopic (exact) mass is 426 g/mol. The molecule has 3 aromatic rings. The molecule has 2 heterocycles. The third-order valence-electron chi connectivity index (χ3n) is 3.79. The second kappa shape index (κ2) is 8.62. The molecule has 0 saturated heterocycles. The Hall–Kier alpha value is -2.92. The number of hydrogen-bond acceptors (Lipinski definition) is 6. The fraction of sp³-hybridized carbons (Fsp3) is 0.278. The largest absolute Gasteiger partial charge is 0.489 e. The van der Waals surface area contributed by atoms with Crippen LogP contribution in [0.4, 0.5) is 18.9 Å². The quantitative estimate of drug-likeness (QED) is 0.581. The Kier molecular flexibility index (Phi) is 6.18. The molecule has 11 heteroatoms. The standard InChI is InChI=1S/C18H17F3N4O3S/c1-25-9-11(8-22-25)17-24-14(10-29-17)16(26)23-13-7-12(18(19,20)21)3-4-15(13)28-6-5-27-2/h3-4,7-10H,5-6H2,1-2H3,(H,23,26). The van der Waals surface area contributed by atoms with Crippen LogP contribution in [-0.2, 0) is 18.0 Å². The summed E-state index contributed by atoms with van der Waals surface area (Å²) >= 11 is 1.23. The Balaban J connectivity index is 1.83. The van der Waals surface area contributed by atoms with Crippen molar-refractivity contribution < 1.29 is 27.4 Å². The second-order valence-electron chi connectivity index (χ2n) is 5.94. The van der Waals surface area contributed by atoms with Gasteiger partial charge in [-0.2, -0.15) is 18.3 Å². The summed E-state index contributed by atoms with van der Waals surface area (Å²) in [5, 5.41) is 8.60. The first-order chi connectivity index (χ1) is 13.8. The minimum Gasteiger partial charge on any atom is -0.489 e. The van der Waals surface area contributed by atoms with Crippen molar-refractivity contribution in [1.82, 2.24) is 14.8 Å². The number of amides is 1. The van der Waals surface area contributed by atoms with Crippen LogP contribution in [0.25, 0.3) is 10.6 Å². The second-order valence-corrected chi connectivity index (χ2v) is 6.80. The number of nitrogens with zero attached hydrogens (tertiary/aromatic N) is 3. The molecule has 1 N–H and O–H groups in total. The van der Waals surface area contributed by atoms with Crippen LogP contribution in [-0.4, -0.2) is 41.0 Å². The first kappa shape index (κ1) is 20.8. The molecule has 0 bridgehead atoms. The number of ether oxygens (including phenoxy) is 2. The van der Waals surface area contributed by atoms with Gasteiger partial charge in [0.15, 0.2) is 0 Å². The van der Waals surface area contributed by atoms with Crippen LogP contribution >= 0.6 is 11.3 Å². The number of rotatable bonds is 7. The van der Waals surface area contributed by atoms with Crippen molar-refractivity contribution >= 4 is 22.9 Å². The third-order valence-corrected chi connectivity index (χ3v) is 4.68. The molecule has 0 aliphatic rings.